The van der Waals surface area contributed by atoms with Crippen molar-refractivity contribution in [2.24, 2.45) is 5.41 Å². The Morgan fingerprint density at radius 1 is 1.18 bits per heavy atom. The summed E-state index contributed by atoms with van der Waals surface area (Å²) in [6.45, 7) is 4.54. The van der Waals surface area contributed by atoms with E-state index in [-0.39, 0.29) is 30.7 Å². The van der Waals surface area contributed by atoms with Crippen LogP contribution < -0.4 is 5.32 Å². The Labute approximate surface area is 224 Å². The number of ether oxygens (including phenoxy) is 1. The van der Waals surface area contributed by atoms with Gasteiger partial charge in [0.15, 0.2) is 5.82 Å². The van der Waals surface area contributed by atoms with Crippen molar-refractivity contribution in [3.63, 3.8) is 0 Å². The quantitative estimate of drug-likeness (QED) is 0.423. The van der Waals surface area contributed by atoms with E-state index in [2.05, 4.69) is 41.3 Å². The fourth-order valence-electron chi connectivity index (χ4n) is 6.59. The summed E-state index contributed by atoms with van der Waals surface area (Å²) in [7, 11) is 0. The molecule has 3 aliphatic rings. The van der Waals surface area contributed by atoms with Crippen molar-refractivity contribution in [2.45, 2.75) is 88.8 Å². The summed E-state index contributed by atoms with van der Waals surface area (Å²) < 4.78 is 6.25. The van der Waals surface area contributed by atoms with Crippen molar-refractivity contribution in [1.29, 1.82) is 5.26 Å². The van der Waals surface area contributed by atoms with Crippen molar-refractivity contribution in [3.05, 3.63) is 53.1 Å². The van der Waals surface area contributed by atoms with E-state index in [0.717, 1.165) is 56.1 Å². The van der Waals surface area contributed by atoms with Crippen LogP contribution in [0.1, 0.15) is 105 Å². The number of hydrogen-bond donors (Lipinski definition) is 4. The van der Waals surface area contributed by atoms with E-state index < -0.39 is 17.1 Å². The number of allylic oxidation sites excluding steroid dienone is 2. The minimum atomic E-state index is -0.610. The Kier molecular flexibility index (Phi) is 7.21. The first-order chi connectivity index (χ1) is 18.2. The van der Waals surface area contributed by atoms with Gasteiger partial charge >= 0.3 is 0 Å². The Balaban J connectivity index is 1.50. The second kappa shape index (κ2) is 10.3. The van der Waals surface area contributed by atoms with Gasteiger partial charge in [0, 0.05) is 11.3 Å². The average Bonchev–Trinajstić information content (AvgIpc) is 3.50. The molecule has 2 fully saturated rings. The minimum absolute atomic E-state index is 0.0545. The summed E-state index contributed by atoms with van der Waals surface area (Å²) in [5.74, 6) is -0.165. The molecule has 3 heterocycles. The lowest BCUT2D eigenvalue weighted by Gasteiger charge is -2.43. The van der Waals surface area contributed by atoms with E-state index in [1.807, 2.05) is 18.2 Å². The number of nitrogens with zero attached hydrogens (tertiary/aromatic N) is 2. The molecule has 8 nitrogen and oxygen atoms in total. The summed E-state index contributed by atoms with van der Waals surface area (Å²) in [6.07, 6.45) is 11.8. The van der Waals surface area contributed by atoms with Gasteiger partial charge in [-0.3, -0.25) is 4.79 Å². The zero-order valence-electron chi connectivity index (χ0n) is 22.3. The molecule has 1 amide bonds. The van der Waals surface area contributed by atoms with E-state index in [0.29, 0.717) is 23.9 Å². The highest BCUT2D eigenvalue weighted by atomic mass is 16.6. The van der Waals surface area contributed by atoms with Crippen molar-refractivity contribution < 1.29 is 19.7 Å². The number of fused-ring (bicyclic) bond motifs is 2. The topological polar surface area (TPSA) is 131 Å². The van der Waals surface area contributed by atoms with Gasteiger partial charge in [-0.15, -0.1) is 0 Å². The average molecular weight is 519 g/mol. The number of rotatable bonds is 6. The largest absolute Gasteiger partial charge is 0.393 e. The second-order valence-electron chi connectivity index (χ2n) is 12.2. The number of aromatic nitrogens is 2. The molecule has 38 heavy (non-hydrogen) atoms. The van der Waals surface area contributed by atoms with Crippen LogP contribution in [0.3, 0.4) is 0 Å². The van der Waals surface area contributed by atoms with E-state index in [4.69, 9.17) is 10.00 Å². The standard InChI is InChI=1S/C30H38N4O4/c1-28(2)9-3-5-20(6-4-10-28)24-13-21(22-14-29(18-35)11-12-30(15-22,19-36)38-29)7-8-25(24)34-27(37)26-32-17-23(16-31)33-26/h5,7-8,13,17,22,35-36H,3-4,6,9-12,14-15,18-19H2,1-2H3,(H,32,33)(H,34,37)/b20-5+/t22?,29-,30+. The third kappa shape index (κ3) is 5.28. The van der Waals surface area contributed by atoms with Crippen LogP contribution in [0, 0.1) is 16.7 Å². The highest BCUT2D eigenvalue weighted by molar-refractivity contribution is 6.03. The van der Waals surface area contributed by atoms with Crippen molar-refractivity contribution >= 4 is 17.2 Å². The van der Waals surface area contributed by atoms with Gasteiger partial charge < -0.3 is 25.3 Å². The number of carbonyl (C=O) groups is 1. The predicted octanol–water partition coefficient (Wildman–Crippen LogP) is 5.06. The molecule has 2 saturated heterocycles. The molecule has 202 valence electrons. The maximum Gasteiger partial charge on any atom is 0.291 e. The molecule has 2 bridgehead atoms. The number of benzene rings is 1. The van der Waals surface area contributed by atoms with Gasteiger partial charge in [-0.05, 0) is 92.4 Å². The first kappa shape index (κ1) is 26.6. The molecule has 1 aromatic heterocycles. The third-order valence-corrected chi connectivity index (χ3v) is 8.81. The lowest BCUT2D eigenvalue weighted by Crippen LogP contribution is -2.47. The van der Waals surface area contributed by atoms with E-state index >= 15 is 0 Å². The lowest BCUT2D eigenvalue weighted by atomic mass is 9.77. The SMILES string of the molecule is CC1(C)CC/C=C(/c2cc(C3C[C@]4(CO)CC[C@](CO)(C3)O4)ccc2NC(=O)c2ncc(C#N)[nH]2)CCC1. The Hall–Kier alpha value is -2.99. The molecule has 2 aromatic rings. The van der Waals surface area contributed by atoms with Crippen LogP contribution in [0.25, 0.3) is 5.57 Å². The van der Waals surface area contributed by atoms with Gasteiger partial charge in [0.2, 0.25) is 0 Å². The van der Waals surface area contributed by atoms with Gasteiger partial charge in [-0.2, -0.15) is 5.26 Å². The Morgan fingerprint density at radius 3 is 2.58 bits per heavy atom. The maximum absolute atomic E-state index is 13.0. The van der Waals surface area contributed by atoms with Crippen LogP contribution in [-0.4, -0.2) is 50.5 Å². The highest BCUT2D eigenvalue weighted by Crippen LogP contribution is 2.53. The van der Waals surface area contributed by atoms with Crippen molar-refractivity contribution in [1.82, 2.24) is 9.97 Å². The molecule has 1 unspecified atom stereocenters. The number of imidazole rings is 1. The maximum atomic E-state index is 13.0. The zero-order valence-corrected chi connectivity index (χ0v) is 22.3. The first-order valence-electron chi connectivity index (χ1n) is 13.7. The molecule has 0 radical (unpaired) electrons. The summed E-state index contributed by atoms with van der Waals surface area (Å²) in [5.41, 5.74) is 3.40. The monoisotopic (exact) mass is 518 g/mol. The number of hydrogen-bond acceptors (Lipinski definition) is 6. The van der Waals surface area contributed by atoms with Crippen LogP contribution in [0.15, 0.2) is 30.5 Å². The number of nitrogens with one attached hydrogen (secondary N) is 2. The summed E-state index contributed by atoms with van der Waals surface area (Å²) in [4.78, 5) is 19.8. The molecule has 5 rings (SSSR count). The third-order valence-electron chi connectivity index (χ3n) is 8.81. The number of amides is 1. The molecule has 0 spiro atoms. The first-order valence-corrected chi connectivity index (χ1v) is 13.7. The van der Waals surface area contributed by atoms with Gasteiger partial charge in [-0.1, -0.05) is 26.0 Å². The fourth-order valence-corrected chi connectivity index (χ4v) is 6.59. The molecule has 1 aliphatic carbocycles. The number of aliphatic hydroxyl groups excluding tert-OH is 2. The predicted molar refractivity (Wildman–Crippen MR) is 144 cm³/mol. The molecule has 2 aliphatic heterocycles. The Morgan fingerprint density at radius 2 is 1.92 bits per heavy atom. The number of aliphatic hydroxyl groups is 2. The summed E-state index contributed by atoms with van der Waals surface area (Å²) in [6, 6.07) is 8.15. The number of aromatic amines is 1. The molecule has 1 aromatic carbocycles. The van der Waals surface area contributed by atoms with Gasteiger partial charge in [0.1, 0.15) is 11.8 Å². The zero-order chi connectivity index (χ0) is 27.0. The molecular weight excluding hydrogens is 480 g/mol. The van der Waals surface area contributed by atoms with Crippen LogP contribution in [0.4, 0.5) is 5.69 Å². The van der Waals surface area contributed by atoms with Crippen LogP contribution >= 0.6 is 0 Å². The number of H-pyrrole nitrogens is 1. The van der Waals surface area contributed by atoms with E-state index in [1.54, 1.807) is 0 Å². The van der Waals surface area contributed by atoms with Crippen LogP contribution in [0.2, 0.25) is 0 Å². The van der Waals surface area contributed by atoms with E-state index in [1.165, 1.54) is 11.8 Å². The second-order valence-corrected chi connectivity index (χ2v) is 12.2. The van der Waals surface area contributed by atoms with Gasteiger partial charge in [0.05, 0.1) is 30.6 Å². The number of anilines is 1. The van der Waals surface area contributed by atoms with Gasteiger partial charge in [-0.25, -0.2) is 4.98 Å². The number of carbonyl (C=O) groups excluding carboxylic acids is 1. The molecule has 4 N–H and O–H groups in total. The van der Waals surface area contributed by atoms with Crippen molar-refractivity contribution in [3.8, 4) is 6.07 Å². The van der Waals surface area contributed by atoms with Gasteiger partial charge in [0.25, 0.3) is 5.91 Å². The van der Waals surface area contributed by atoms with E-state index in [9.17, 15) is 15.0 Å². The highest BCUT2D eigenvalue weighted by Gasteiger charge is 2.55. The fraction of sp³-hybridized carbons (Fsp3) is 0.567. The lowest BCUT2D eigenvalue weighted by molar-refractivity contribution is -0.177. The van der Waals surface area contributed by atoms with Crippen molar-refractivity contribution in [2.75, 3.05) is 18.5 Å². The van der Waals surface area contributed by atoms with Crippen LogP contribution in [-0.2, 0) is 4.74 Å². The summed E-state index contributed by atoms with van der Waals surface area (Å²) in [5, 5.41) is 32.5. The molecular formula is C30H38N4O4. The van der Waals surface area contributed by atoms with Crippen LogP contribution in [0.5, 0.6) is 0 Å². The summed E-state index contributed by atoms with van der Waals surface area (Å²) >= 11 is 0. The molecule has 0 saturated carbocycles. The normalized spacial score (nSPS) is 30.0. The Bertz CT molecular complexity index is 1260. The molecule has 8 heteroatoms. The molecule has 3 atom stereocenters. The number of nitriles is 1. The smallest absolute Gasteiger partial charge is 0.291 e. The minimum Gasteiger partial charge on any atom is -0.393 e.